The number of carboxylic acids is 1. The molecule has 1 aromatic carbocycles. The van der Waals surface area contributed by atoms with Crippen LogP contribution in [0.15, 0.2) is 18.2 Å². The van der Waals surface area contributed by atoms with E-state index < -0.39 is 17.5 Å². The Morgan fingerprint density at radius 1 is 1.26 bits per heavy atom. The number of carbonyl (C=O) groups excluding carboxylic acids is 1. The zero-order valence-electron chi connectivity index (χ0n) is 11.5. The Kier molecular flexibility index (Phi) is 4.53. The molecule has 0 fully saturated rings. The molecule has 5 heteroatoms. The molecule has 0 spiro atoms. The molecule has 0 aromatic heterocycles. The predicted octanol–water partition coefficient (Wildman–Crippen LogP) is 2.28. The summed E-state index contributed by atoms with van der Waals surface area (Å²) in [4.78, 5) is 22.7. The number of carbonyl (C=O) groups is 2. The van der Waals surface area contributed by atoms with Gasteiger partial charge in [0.05, 0.1) is 19.1 Å². The van der Waals surface area contributed by atoms with Gasteiger partial charge in [0.15, 0.2) is 0 Å². The Hall–Kier alpha value is -2.04. The van der Waals surface area contributed by atoms with Crippen molar-refractivity contribution in [2.24, 2.45) is 0 Å². The summed E-state index contributed by atoms with van der Waals surface area (Å²) in [6.45, 7) is 5.32. The number of benzene rings is 1. The Labute approximate surface area is 112 Å². The largest absolute Gasteiger partial charge is 0.496 e. The zero-order valence-corrected chi connectivity index (χ0v) is 11.5. The molecule has 0 saturated heterocycles. The second-order valence-corrected chi connectivity index (χ2v) is 5.09. The van der Waals surface area contributed by atoms with Gasteiger partial charge < -0.3 is 14.6 Å². The third-order valence-electron chi connectivity index (χ3n) is 2.28. The highest BCUT2D eigenvalue weighted by molar-refractivity contribution is 5.88. The van der Waals surface area contributed by atoms with Crippen LogP contribution in [0.5, 0.6) is 5.75 Å². The van der Waals surface area contributed by atoms with Crippen molar-refractivity contribution in [3.63, 3.8) is 0 Å². The third-order valence-corrected chi connectivity index (χ3v) is 2.28. The number of methoxy groups -OCH3 is 1. The van der Waals surface area contributed by atoms with Gasteiger partial charge in [0.2, 0.25) is 0 Å². The summed E-state index contributed by atoms with van der Waals surface area (Å²) in [6.07, 6.45) is -0.0262. The van der Waals surface area contributed by atoms with Crippen molar-refractivity contribution in [1.82, 2.24) is 0 Å². The first-order valence-electron chi connectivity index (χ1n) is 5.85. The van der Waals surface area contributed by atoms with Gasteiger partial charge in [-0.05, 0) is 39.0 Å². The van der Waals surface area contributed by atoms with Crippen LogP contribution >= 0.6 is 0 Å². The minimum Gasteiger partial charge on any atom is -0.496 e. The Bertz CT molecular complexity index is 485. The Morgan fingerprint density at radius 3 is 2.37 bits per heavy atom. The molecule has 1 aromatic rings. The number of hydrogen-bond donors (Lipinski definition) is 1. The molecule has 0 heterocycles. The first-order valence-corrected chi connectivity index (χ1v) is 5.85. The maximum absolute atomic E-state index is 11.8. The summed E-state index contributed by atoms with van der Waals surface area (Å²) in [6, 6.07) is 4.38. The number of esters is 1. The van der Waals surface area contributed by atoms with Crippen LogP contribution in [0.1, 0.15) is 36.7 Å². The number of hydrogen-bond acceptors (Lipinski definition) is 4. The lowest BCUT2D eigenvalue weighted by Gasteiger charge is -2.20. The number of carboxylic acid groups (broad SMARTS) is 1. The predicted molar refractivity (Wildman–Crippen MR) is 69.5 cm³/mol. The summed E-state index contributed by atoms with van der Waals surface area (Å²) in [5.41, 5.74) is 0.0327. The van der Waals surface area contributed by atoms with E-state index in [1.165, 1.54) is 25.3 Å². The third kappa shape index (κ3) is 4.62. The van der Waals surface area contributed by atoms with E-state index in [-0.39, 0.29) is 12.0 Å². The van der Waals surface area contributed by atoms with E-state index in [1.807, 2.05) is 0 Å². The molecule has 0 aliphatic heterocycles. The molecule has 0 bridgehead atoms. The van der Waals surface area contributed by atoms with Crippen LogP contribution in [-0.4, -0.2) is 29.8 Å². The molecule has 0 saturated carbocycles. The van der Waals surface area contributed by atoms with E-state index >= 15 is 0 Å². The van der Waals surface area contributed by atoms with Gasteiger partial charge in [-0.3, -0.25) is 4.79 Å². The van der Waals surface area contributed by atoms with E-state index in [0.717, 1.165) is 0 Å². The molecule has 0 atom stereocenters. The fourth-order valence-corrected chi connectivity index (χ4v) is 1.58. The quantitative estimate of drug-likeness (QED) is 0.846. The Morgan fingerprint density at radius 2 is 1.89 bits per heavy atom. The Balaban J connectivity index is 2.95. The van der Waals surface area contributed by atoms with Gasteiger partial charge in [-0.2, -0.15) is 0 Å². The number of rotatable bonds is 4. The maximum atomic E-state index is 11.8. The van der Waals surface area contributed by atoms with Gasteiger partial charge in [0.25, 0.3) is 0 Å². The standard InChI is InChI=1S/C14H18O5/c1-14(2,3)19-12(15)8-10-7-9(13(16)17)5-6-11(10)18-4/h5-7H,8H2,1-4H3,(H,16,17). The first-order chi connectivity index (χ1) is 8.73. The smallest absolute Gasteiger partial charge is 0.335 e. The van der Waals surface area contributed by atoms with Crippen molar-refractivity contribution in [2.45, 2.75) is 32.8 Å². The highest BCUT2D eigenvalue weighted by Crippen LogP contribution is 2.21. The minimum absolute atomic E-state index is 0.0262. The van der Waals surface area contributed by atoms with E-state index in [9.17, 15) is 9.59 Å². The lowest BCUT2D eigenvalue weighted by atomic mass is 10.1. The van der Waals surface area contributed by atoms with Crippen molar-refractivity contribution in [3.8, 4) is 5.75 Å². The topological polar surface area (TPSA) is 72.8 Å². The molecule has 5 nitrogen and oxygen atoms in total. The average molecular weight is 266 g/mol. The zero-order chi connectivity index (χ0) is 14.6. The van der Waals surface area contributed by atoms with Gasteiger partial charge >= 0.3 is 11.9 Å². The SMILES string of the molecule is COc1ccc(C(=O)O)cc1CC(=O)OC(C)(C)C. The molecule has 0 radical (unpaired) electrons. The summed E-state index contributed by atoms with van der Waals surface area (Å²) < 4.78 is 10.3. The van der Waals surface area contributed by atoms with Crippen molar-refractivity contribution in [2.75, 3.05) is 7.11 Å². The monoisotopic (exact) mass is 266 g/mol. The molecular weight excluding hydrogens is 248 g/mol. The summed E-state index contributed by atoms with van der Waals surface area (Å²) >= 11 is 0. The van der Waals surface area contributed by atoms with Gasteiger partial charge in [-0.25, -0.2) is 4.79 Å². The molecule has 1 rings (SSSR count). The highest BCUT2D eigenvalue weighted by atomic mass is 16.6. The maximum Gasteiger partial charge on any atom is 0.335 e. The van der Waals surface area contributed by atoms with Crippen LogP contribution in [0.3, 0.4) is 0 Å². The van der Waals surface area contributed by atoms with Gasteiger partial charge in [-0.15, -0.1) is 0 Å². The summed E-state index contributed by atoms with van der Waals surface area (Å²) in [7, 11) is 1.47. The van der Waals surface area contributed by atoms with E-state index in [2.05, 4.69) is 0 Å². The molecule has 0 aliphatic carbocycles. The molecule has 104 valence electrons. The molecule has 1 N–H and O–H groups in total. The fraction of sp³-hybridized carbons (Fsp3) is 0.429. The van der Waals surface area contributed by atoms with Gasteiger partial charge in [0.1, 0.15) is 11.4 Å². The minimum atomic E-state index is -1.05. The molecular formula is C14H18O5. The van der Waals surface area contributed by atoms with Crippen molar-refractivity contribution in [1.29, 1.82) is 0 Å². The van der Waals surface area contributed by atoms with Crippen LogP contribution in [0, 0.1) is 0 Å². The van der Waals surface area contributed by atoms with Crippen molar-refractivity contribution in [3.05, 3.63) is 29.3 Å². The summed E-state index contributed by atoms with van der Waals surface area (Å²) in [5, 5.41) is 8.94. The lowest BCUT2D eigenvalue weighted by molar-refractivity contribution is -0.153. The molecule has 19 heavy (non-hydrogen) atoms. The van der Waals surface area contributed by atoms with Crippen LogP contribution in [0.2, 0.25) is 0 Å². The molecule has 0 aliphatic rings. The second kappa shape index (κ2) is 5.73. The first kappa shape index (κ1) is 15.0. The summed E-state index contributed by atoms with van der Waals surface area (Å²) in [5.74, 6) is -1.00. The van der Waals surface area contributed by atoms with E-state index in [0.29, 0.717) is 11.3 Å². The highest BCUT2D eigenvalue weighted by Gasteiger charge is 2.19. The normalized spacial score (nSPS) is 10.9. The van der Waals surface area contributed by atoms with Gasteiger partial charge in [0, 0.05) is 5.56 Å². The number of aromatic carboxylic acids is 1. The second-order valence-electron chi connectivity index (χ2n) is 5.09. The van der Waals surface area contributed by atoms with Crippen LogP contribution < -0.4 is 4.74 Å². The molecule has 0 unspecified atom stereocenters. The lowest BCUT2D eigenvalue weighted by Crippen LogP contribution is -2.25. The van der Waals surface area contributed by atoms with E-state index in [4.69, 9.17) is 14.6 Å². The van der Waals surface area contributed by atoms with Crippen LogP contribution in [-0.2, 0) is 16.0 Å². The van der Waals surface area contributed by atoms with Gasteiger partial charge in [-0.1, -0.05) is 0 Å². The molecule has 0 amide bonds. The average Bonchev–Trinajstić information content (AvgIpc) is 2.26. The number of ether oxygens (including phenoxy) is 2. The van der Waals surface area contributed by atoms with Crippen LogP contribution in [0.25, 0.3) is 0 Å². The van der Waals surface area contributed by atoms with Crippen molar-refractivity contribution < 1.29 is 24.2 Å². The fourth-order valence-electron chi connectivity index (χ4n) is 1.58. The van der Waals surface area contributed by atoms with E-state index in [1.54, 1.807) is 20.8 Å². The van der Waals surface area contributed by atoms with Crippen molar-refractivity contribution >= 4 is 11.9 Å². The van der Waals surface area contributed by atoms with Crippen LogP contribution in [0.4, 0.5) is 0 Å².